The van der Waals surface area contributed by atoms with Crippen molar-refractivity contribution < 1.29 is 4.79 Å². The number of anilines is 1. The highest BCUT2D eigenvalue weighted by Crippen LogP contribution is 2.20. The van der Waals surface area contributed by atoms with Crippen molar-refractivity contribution in [1.29, 1.82) is 0 Å². The summed E-state index contributed by atoms with van der Waals surface area (Å²) in [6, 6.07) is 9.46. The van der Waals surface area contributed by atoms with Crippen molar-refractivity contribution in [3.63, 3.8) is 0 Å². The number of aromatic nitrogens is 3. The van der Waals surface area contributed by atoms with E-state index in [1.807, 2.05) is 44.3 Å². The fourth-order valence-electron chi connectivity index (χ4n) is 2.55. The minimum Gasteiger partial charge on any atom is -0.325 e. The lowest BCUT2D eigenvalue weighted by molar-refractivity contribution is -0.116. The second-order valence-corrected chi connectivity index (χ2v) is 5.85. The molecule has 3 aromatic rings. The normalized spacial score (nSPS) is 10.9. The number of rotatable bonds is 4. The molecule has 0 spiro atoms. The third-order valence-electron chi connectivity index (χ3n) is 3.73. The van der Waals surface area contributed by atoms with E-state index in [4.69, 9.17) is 11.6 Å². The lowest BCUT2D eigenvalue weighted by Gasteiger charge is -2.06. The zero-order valence-electron chi connectivity index (χ0n) is 13.0. The Morgan fingerprint density at radius 3 is 2.91 bits per heavy atom. The van der Waals surface area contributed by atoms with Gasteiger partial charge in [-0.2, -0.15) is 5.10 Å². The Labute approximate surface area is 139 Å². The molecule has 0 aliphatic carbocycles. The summed E-state index contributed by atoms with van der Waals surface area (Å²) in [5.74, 6) is -0.0624. The Kier molecular flexibility index (Phi) is 4.30. The number of amides is 1. The van der Waals surface area contributed by atoms with Crippen molar-refractivity contribution in [3.8, 4) is 0 Å². The van der Waals surface area contributed by atoms with Crippen LogP contribution < -0.4 is 5.32 Å². The number of fused-ring (bicyclic) bond motifs is 1. The lowest BCUT2D eigenvalue weighted by atomic mass is 10.1. The number of benzene rings is 1. The van der Waals surface area contributed by atoms with Gasteiger partial charge in [0.05, 0.1) is 17.6 Å². The predicted octanol–water partition coefficient (Wildman–Crippen LogP) is 3.50. The molecule has 0 unspecified atom stereocenters. The minimum atomic E-state index is -0.0624. The first kappa shape index (κ1) is 15.5. The quantitative estimate of drug-likeness (QED) is 0.797. The highest BCUT2D eigenvalue weighted by atomic mass is 35.5. The molecule has 5 nitrogen and oxygen atoms in total. The van der Waals surface area contributed by atoms with Gasteiger partial charge in [-0.15, -0.1) is 0 Å². The predicted molar refractivity (Wildman–Crippen MR) is 91.6 cm³/mol. The molecule has 3 rings (SSSR count). The van der Waals surface area contributed by atoms with Crippen LogP contribution in [0.5, 0.6) is 0 Å². The molecular weight excluding hydrogens is 312 g/mol. The number of hydrogen-bond acceptors (Lipinski definition) is 3. The van der Waals surface area contributed by atoms with E-state index in [1.165, 1.54) is 0 Å². The Morgan fingerprint density at radius 1 is 1.35 bits per heavy atom. The summed E-state index contributed by atoms with van der Waals surface area (Å²) in [5.41, 5.74) is 3.34. The van der Waals surface area contributed by atoms with Crippen molar-refractivity contribution in [2.24, 2.45) is 7.05 Å². The summed E-state index contributed by atoms with van der Waals surface area (Å²) >= 11 is 6.10. The molecule has 6 heteroatoms. The molecule has 1 aromatic carbocycles. The summed E-state index contributed by atoms with van der Waals surface area (Å²) in [6.07, 6.45) is 2.62. The molecule has 1 amide bonds. The third-order valence-corrected chi connectivity index (χ3v) is 4.09. The second kappa shape index (κ2) is 6.38. The topological polar surface area (TPSA) is 59.8 Å². The van der Waals surface area contributed by atoms with Crippen molar-refractivity contribution in [1.82, 2.24) is 14.8 Å². The van der Waals surface area contributed by atoms with E-state index in [0.29, 0.717) is 23.6 Å². The first-order valence-electron chi connectivity index (χ1n) is 7.37. The van der Waals surface area contributed by atoms with Gasteiger partial charge in [-0.05, 0) is 31.0 Å². The fourth-order valence-corrected chi connectivity index (χ4v) is 2.78. The van der Waals surface area contributed by atoms with Crippen LogP contribution in [0.15, 0.2) is 36.5 Å². The zero-order chi connectivity index (χ0) is 16.4. The average molecular weight is 329 g/mol. The number of aryl methyl sites for hydroxylation is 3. The average Bonchev–Trinajstić information content (AvgIpc) is 2.81. The van der Waals surface area contributed by atoms with Gasteiger partial charge in [0.1, 0.15) is 0 Å². The maximum atomic E-state index is 12.1. The molecule has 23 heavy (non-hydrogen) atoms. The highest BCUT2D eigenvalue weighted by molar-refractivity contribution is 6.31. The summed E-state index contributed by atoms with van der Waals surface area (Å²) in [5, 5.41) is 8.83. The van der Waals surface area contributed by atoms with E-state index >= 15 is 0 Å². The molecule has 2 aromatic heterocycles. The summed E-state index contributed by atoms with van der Waals surface area (Å²) < 4.78 is 1.73. The van der Waals surface area contributed by atoms with E-state index in [-0.39, 0.29) is 5.91 Å². The number of nitrogens with zero attached hydrogens (tertiary/aromatic N) is 3. The number of pyridine rings is 1. The Hall–Kier alpha value is -2.40. The van der Waals surface area contributed by atoms with Crippen LogP contribution in [0.2, 0.25) is 5.02 Å². The van der Waals surface area contributed by atoms with Crippen molar-refractivity contribution in [2.45, 2.75) is 19.8 Å². The van der Waals surface area contributed by atoms with Gasteiger partial charge in [-0.1, -0.05) is 29.8 Å². The number of carbonyl (C=O) groups is 1. The van der Waals surface area contributed by atoms with Crippen molar-refractivity contribution in [2.75, 3.05) is 5.32 Å². The molecule has 0 saturated carbocycles. The van der Waals surface area contributed by atoms with Crippen LogP contribution in [0.4, 0.5) is 5.69 Å². The lowest BCUT2D eigenvalue weighted by Crippen LogP contribution is -2.12. The molecule has 0 radical (unpaired) electrons. The van der Waals surface area contributed by atoms with Crippen molar-refractivity contribution in [3.05, 3.63) is 52.8 Å². The maximum Gasteiger partial charge on any atom is 0.224 e. The zero-order valence-corrected chi connectivity index (χ0v) is 13.8. The Bertz CT molecular complexity index is 872. The van der Waals surface area contributed by atoms with E-state index in [2.05, 4.69) is 15.4 Å². The number of carbonyl (C=O) groups excluding carboxylic acids is 1. The van der Waals surface area contributed by atoms with E-state index < -0.39 is 0 Å². The molecule has 2 heterocycles. The van der Waals surface area contributed by atoms with Gasteiger partial charge >= 0.3 is 0 Å². The van der Waals surface area contributed by atoms with Gasteiger partial charge < -0.3 is 5.32 Å². The SMILES string of the molecule is Cc1nn(C)c2ncc(NC(=O)CCc3ccccc3Cl)cc12. The van der Waals surface area contributed by atoms with Crippen LogP contribution in [0.3, 0.4) is 0 Å². The van der Waals surface area contributed by atoms with Gasteiger partial charge in [0.25, 0.3) is 0 Å². The molecule has 0 atom stereocenters. The third kappa shape index (κ3) is 3.35. The van der Waals surface area contributed by atoms with Gasteiger partial charge in [-0.25, -0.2) is 4.98 Å². The maximum absolute atomic E-state index is 12.1. The smallest absolute Gasteiger partial charge is 0.224 e. The molecule has 1 N–H and O–H groups in total. The first-order chi connectivity index (χ1) is 11.0. The number of hydrogen-bond donors (Lipinski definition) is 1. The fraction of sp³-hybridized carbons (Fsp3) is 0.235. The van der Waals surface area contributed by atoms with Gasteiger partial charge in [0, 0.05) is 23.9 Å². The summed E-state index contributed by atoms with van der Waals surface area (Å²) in [6.45, 7) is 1.92. The summed E-state index contributed by atoms with van der Waals surface area (Å²) in [7, 11) is 1.85. The highest BCUT2D eigenvalue weighted by Gasteiger charge is 2.09. The van der Waals surface area contributed by atoms with Crippen LogP contribution in [-0.4, -0.2) is 20.7 Å². The second-order valence-electron chi connectivity index (χ2n) is 5.44. The minimum absolute atomic E-state index is 0.0624. The molecule has 118 valence electrons. The van der Waals surface area contributed by atoms with Gasteiger partial charge in [0.15, 0.2) is 5.65 Å². The number of halogens is 1. The van der Waals surface area contributed by atoms with Crippen LogP contribution in [0.25, 0.3) is 11.0 Å². The standard InChI is InChI=1S/C17H17ClN4O/c1-11-14-9-13(10-19-17(14)22(2)21-11)20-16(23)8-7-12-5-3-4-6-15(12)18/h3-6,9-10H,7-8H2,1-2H3,(H,20,23). The molecule has 0 fully saturated rings. The monoisotopic (exact) mass is 328 g/mol. The molecule has 0 aliphatic heterocycles. The van der Waals surface area contributed by atoms with Crippen molar-refractivity contribution >= 4 is 34.2 Å². The van der Waals surface area contributed by atoms with Crippen LogP contribution >= 0.6 is 11.6 Å². The first-order valence-corrected chi connectivity index (χ1v) is 7.75. The summed E-state index contributed by atoms with van der Waals surface area (Å²) in [4.78, 5) is 16.5. The van der Waals surface area contributed by atoms with Crippen LogP contribution in [0, 0.1) is 6.92 Å². The van der Waals surface area contributed by atoms with Gasteiger partial charge in [-0.3, -0.25) is 9.48 Å². The van der Waals surface area contributed by atoms with Crippen LogP contribution in [0.1, 0.15) is 17.7 Å². The Morgan fingerprint density at radius 2 is 2.13 bits per heavy atom. The number of nitrogens with one attached hydrogen (secondary N) is 1. The molecule has 0 bridgehead atoms. The molecular formula is C17H17ClN4O. The van der Waals surface area contributed by atoms with E-state index in [9.17, 15) is 4.79 Å². The van der Waals surface area contributed by atoms with Crippen LogP contribution in [-0.2, 0) is 18.3 Å². The van der Waals surface area contributed by atoms with E-state index in [1.54, 1.807) is 10.9 Å². The molecule has 0 aliphatic rings. The van der Waals surface area contributed by atoms with E-state index in [0.717, 1.165) is 22.3 Å². The van der Waals surface area contributed by atoms with Gasteiger partial charge in [0.2, 0.25) is 5.91 Å². The Balaban J connectivity index is 1.68. The largest absolute Gasteiger partial charge is 0.325 e. The molecule has 0 saturated heterocycles.